The van der Waals surface area contributed by atoms with E-state index in [4.69, 9.17) is 0 Å². The van der Waals surface area contributed by atoms with Gasteiger partial charge < -0.3 is 10.2 Å². The van der Waals surface area contributed by atoms with Crippen LogP contribution in [0.3, 0.4) is 0 Å². The Kier molecular flexibility index (Phi) is 5.22. The summed E-state index contributed by atoms with van der Waals surface area (Å²) in [7, 11) is 0. The highest BCUT2D eigenvalue weighted by molar-refractivity contribution is 7.13. The minimum Gasteiger partial charge on any atom is -0.333 e. The van der Waals surface area contributed by atoms with E-state index in [-0.39, 0.29) is 24.2 Å². The minimum absolute atomic E-state index is 0.00815. The number of hydrogen-bond donors (Lipinski definition) is 1. The zero-order chi connectivity index (χ0) is 18.6. The van der Waals surface area contributed by atoms with Crippen LogP contribution in [0.4, 0.5) is 4.39 Å². The molecule has 0 aliphatic carbocycles. The van der Waals surface area contributed by atoms with E-state index in [9.17, 15) is 9.18 Å². The van der Waals surface area contributed by atoms with Crippen LogP contribution in [0.15, 0.2) is 54.2 Å². The Morgan fingerprint density at radius 2 is 2.26 bits per heavy atom. The van der Waals surface area contributed by atoms with Crippen LogP contribution in [0, 0.1) is 5.82 Å². The average molecular weight is 382 g/mol. The Labute approximate surface area is 160 Å². The van der Waals surface area contributed by atoms with Crippen LogP contribution in [0.25, 0.3) is 10.6 Å². The summed E-state index contributed by atoms with van der Waals surface area (Å²) in [6.07, 6.45) is 3.72. The van der Waals surface area contributed by atoms with Crippen LogP contribution < -0.4 is 5.32 Å². The Bertz CT molecular complexity index is 930. The van der Waals surface area contributed by atoms with Crippen molar-refractivity contribution in [2.45, 2.75) is 12.5 Å². The minimum atomic E-state index is -0.286. The number of piperazine rings is 1. The summed E-state index contributed by atoms with van der Waals surface area (Å²) >= 11 is 1.51. The zero-order valence-electron chi connectivity index (χ0n) is 14.6. The third-order valence-corrected chi connectivity index (χ3v) is 5.53. The number of halogens is 1. The summed E-state index contributed by atoms with van der Waals surface area (Å²) < 4.78 is 13.6. The Hall–Kier alpha value is -2.64. The molecule has 3 heterocycles. The molecule has 1 unspecified atom stereocenters. The van der Waals surface area contributed by atoms with Gasteiger partial charge in [0.25, 0.3) is 0 Å². The molecule has 4 rings (SSSR count). The molecule has 0 spiro atoms. The Morgan fingerprint density at radius 1 is 1.33 bits per heavy atom. The predicted octanol–water partition coefficient (Wildman–Crippen LogP) is 3.06. The highest BCUT2D eigenvalue weighted by atomic mass is 32.1. The molecular formula is C20H19FN4OS. The van der Waals surface area contributed by atoms with Crippen molar-refractivity contribution < 1.29 is 9.18 Å². The first-order valence-electron chi connectivity index (χ1n) is 8.81. The summed E-state index contributed by atoms with van der Waals surface area (Å²) in [5.41, 5.74) is 2.51. The van der Waals surface area contributed by atoms with Crippen molar-refractivity contribution in [2.75, 3.05) is 19.6 Å². The van der Waals surface area contributed by atoms with E-state index >= 15 is 0 Å². The quantitative estimate of drug-likeness (QED) is 0.754. The number of rotatable bonds is 4. The number of carbonyl (C=O) groups is 1. The summed E-state index contributed by atoms with van der Waals surface area (Å²) in [5, 5.41) is 6.06. The number of benzene rings is 1. The number of amides is 1. The molecule has 1 aliphatic rings. The average Bonchev–Trinajstić information content (AvgIpc) is 3.17. The standard InChI is InChI=1S/C20H19FN4OS/c21-16-5-1-3-14(9-16)18-12-23-7-8-25(18)19(26)10-17-13-27-20(24-17)15-4-2-6-22-11-15/h1-6,9,11,13,18,23H,7-8,10,12H2. The van der Waals surface area contributed by atoms with Gasteiger partial charge in [-0.05, 0) is 29.8 Å². The van der Waals surface area contributed by atoms with E-state index in [2.05, 4.69) is 15.3 Å². The van der Waals surface area contributed by atoms with Crippen molar-refractivity contribution in [2.24, 2.45) is 0 Å². The van der Waals surface area contributed by atoms with Crippen molar-refractivity contribution in [3.63, 3.8) is 0 Å². The van der Waals surface area contributed by atoms with Crippen molar-refractivity contribution in [1.29, 1.82) is 0 Å². The monoisotopic (exact) mass is 382 g/mol. The van der Waals surface area contributed by atoms with Gasteiger partial charge in [0, 0.05) is 43.0 Å². The fourth-order valence-corrected chi connectivity index (χ4v) is 4.09. The van der Waals surface area contributed by atoms with Crippen molar-refractivity contribution in [1.82, 2.24) is 20.2 Å². The van der Waals surface area contributed by atoms with Gasteiger partial charge in [-0.3, -0.25) is 9.78 Å². The van der Waals surface area contributed by atoms with Crippen LogP contribution in [0.1, 0.15) is 17.3 Å². The first-order chi connectivity index (χ1) is 13.2. The van der Waals surface area contributed by atoms with Gasteiger partial charge in [0.1, 0.15) is 10.8 Å². The van der Waals surface area contributed by atoms with E-state index in [1.54, 1.807) is 18.5 Å². The summed E-state index contributed by atoms with van der Waals surface area (Å²) in [6.45, 7) is 1.95. The molecule has 138 valence electrons. The molecule has 0 radical (unpaired) electrons. The molecule has 27 heavy (non-hydrogen) atoms. The molecule has 0 saturated carbocycles. The molecule has 1 amide bonds. The second-order valence-corrected chi connectivity index (χ2v) is 7.28. The third-order valence-electron chi connectivity index (χ3n) is 4.59. The number of aromatic nitrogens is 2. The number of hydrogen-bond acceptors (Lipinski definition) is 5. The predicted molar refractivity (Wildman–Crippen MR) is 103 cm³/mol. The van der Waals surface area contributed by atoms with Crippen LogP contribution in [-0.4, -0.2) is 40.4 Å². The van der Waals surface area contributed by atoms with Gasteiger partial charge in [-0.25, -0.2) is 9.37 Å². The van der Waals surface area contributed by atoms with Crippen LogP contribution in [0.5, 0.6) is 0 Å². The highest BCUT2D eigenvalue weighted by Gasteiger charge is 2.28. The summed E-state index contributed by atoms with van der Waals surface area (Å²) in [6, 6.07) is 10.1. The third kappa shape index (κ3) is 4.04. The molecule has 1 N–H and O–H groups in total. The molecular weight excluding hydrogens is 363 g/mol. The van der Waals surface area contributed by atoms with E-state index in [1.807, 2.05) is 28.5 Å². The Morgan fingerprint density at radius 3 is 3.07 bits per heavy atom. The smallest absolute Gasteiger partial charge is 0.229 e. The van der Waals surface area contributed by atoms with Gasteiger partial charge in [0.2, 0.25) is 5.91 Å². The molecule has 2 aromatic heterocycles. The number of pyridine rings is 1. The van der Waals surface area contributed by atoms with Gasteiger partial charge >= 0.3 is 0 Å². The van der Waals surface area contributed by atoms with E-state index in [1.165, 1.54) is 23.5 Å². The van der Waals surface area contributed by atoms with E-state index in [0.717, 1.165) is 28.4 Å². The molecule has 0 bridgehead atoms. The maximum atomic E-state index is 13.6. The normalized spacial score (nSPS) is 17.1. The van der Waals surface area contributed by atoms with Crippen LogP contribution >= 0.6 is 11.3 Å². The molecule has 5 nitrogen and oxygen atoms in total. The zero-order valence-corrected chi connectivity index (χ0v) is 15.5. The van der Waals surface area contributed by atoms with E-state index in [0.29, 0.717) is 13.1 Å². The second kappa shape index (κ2) is 7.94. The molecule has 1 atom stereocenters. The lowest BCUT2D eigenvalue weighted by molar-refractivity contribution is -0.133. The van der Waals surface area contributed by atoms with Gasteiger partial charge in [0.15, 0.2) is 0 Å². The lowest BCUT2D eigenvalue weighted by Gasteiger charge is -2.36. The van der Waals surface area contributed by atoms with Crippen molar-refractivity contribution in [3.8, 4) is 10.6 Å². The lowest BCUT2D eigenvalue weighted by Crippen LogP contribution is -2.49. The van der Waals surface area contributed by atoms with Gasteiger partial charge in [-0.1, -0.05) is 12.1 Å². The first-order valence-corrected chi connectivity index (χ1v) is 9.69. The maximum absolute atomic E-state index is 13.6. The second-order valence-electron chi connectivity index (χ2n) is 6.42. The summed E-state index contributed by atoms with van der Waals surface area (Å²) in [4.78, 5) is 23.5. The number of thiazole rings is 1. The SMILES string of the molecule is O=C(Cc1csc(-c2cccnc2)n1)N1CCNCC1c1cccc(F)c1. The van der Waals surface area contributed by atoms with E-state index < -0.39 is 0 Å². The summed E-state index contributed by atoms with van der Waals surface area (Å²) in [5.74, 6) is -0.278. The number of nitrogens with zero attached hydrogens (tertiary/aromatic N) is 3. The maximum Gasteiger partial charge on any atom is 0.229 e. The molecule has 3 aromatic rings. The lowest BCUT2D eigenvalue weighted by atomic mass is 10.0. The number of carbonyl (C=O) groups excluding carboxylic acids is 1. The van der Waals surface area contributed by atoms with Crippen molar-refractivity contribution >= 4 is 17.2 Å². The Balaban J connectivity index is 1.50. The molecule has 7 heteroatoms. The fraction of sp³-hybridized carbons (Fsp3) is 0.250. The largest absolute Gasteiger partial charge is 0.333 e. The van der Waals surface area contributed by atoms with Gasteiger partial charge in [-0.15, -0.1) is 11.3 Å². The first kappa shape index (κ1) is 17.8. The topological polar surface area (TPSA) is 58.1 Å². The fourth-order valence-electron chi connectivity index (χ4n) is 3.28. The van der Waals surface area contributed by atoms with Crippen LogP contribution in [0.2, 0.25) is 0 Å². The highest BCUT2D eigenvalue weighted by Crippen LogP contribution is 2.26. The van der Waals surface area contributed by atoms with Gasteiger partial charge in [0.05, 0.1) is 18.2 Å². The van der Waals surface area contributed by atoms with Crippen LogP contribution in [-0.2, 0) is 11.2 Å². The molecule has 1 fully saturated rings. The number of nitrogens with one attached hydrogen (secondary N) is 1. The van der Waals surface area contributed by atoms with Crippen molar-refractivity contribution in [3.05, 3.63) is 71.2 Å². The van der Waals surface area contributed by atoms with Gasteiger partial charge in [-0.2, -0.15) is 0 Å². The molecule has 1 aromatic carbocycles. The molecule has 1 aliphatic heterocycles. The molecule has 1 saturated heterocycles.